The van der Waals surface area contributed by atoms with E-state index in [4.69, 9.17) is 28.3 Å². The molecule has 0 spiro atoms. The van der Waals surface area contributed by atoms with Gasteiger partial charge in [-0.3, -0.25) is 29.5 Å². The number of nitrogens with one attached hydrogen (secondary N) is 2. The fourth-order valence-corrected chi connectivity index (χ4v) is 5.20. The Bertz CT molecular complexity index is 1440. The zero-order chi connectivity index (χ0) is 30.0. The number of nitrogens with zero attached hydrogens (tertiary/aromatic N) is 2. The monoisotopic (exact) mass is 560 g/mol. The minimum atomic E-state index is -4.03. The van der Waals surface area contributed by atoms with Crippen LogP contribution in [0.5, 0.6) is 0 Å². The summed E-state index contributed by atoms with van der Waals surface area (Å²) in [5.74, 6) is -9.19. The summed E-state index contributed by atoms with van der Waals surface area (Å²) >= 11 is 0. The summed E-state index contributed by atoms with van der Waals surface area (Å²) in [5.41, 5.74) is -6.90. The highest BCUT2D eigenvalue weighted by Crippen LogP contribution is 2.42. The van der Waals surface area contributed by atoms with Crippen molar-refractivity contribution in [3.8, 4) is 0 Å². The van der Waals surface area contributed by atoms with Gasteiger partial charge >= 0.3 is 0 Å². The number of hydrogen-bond donors (Lipinski definition) is 6. The number of aliphatic hydroxyl groups is 4. The zero-order valence-electron chi connectivity index (χ0n) is 21.6. The number of benzene rings is 2. The predicted octanol–water partition coefficient (Wildman–Crippen LogP) is -2.94. The molecule has 2 saturated heterocycles. The Morgan fingerprint density at radius 3 is 2.37 bits per heavy atom. The number of anilines is 1. The van der Waals surface area contributed by atoms with Crippen molar-refractivity contribution in [2.45, 2.75) is 35.4 Å². The molecule has 41 heavy (non-hydrogen) atoms. The maximum absolute atomic E-state index is 15.6. The van der Waals surface area contributed by atoms with Crippen molar-refractivity contribution in [2.75, 3.05) is 31.6 Å². The normalized spacial score (nSPS) is 26.6. The second-order valence-electron chi connectivity index (χ2n) is 10.3. The number of hydrogen-bond acceptors (Lipinski definition) is 10. The van der Waals surface area contributed by atoms with E-state index in [0.717, 1.165) is 0 Å². The summed E-state index contributed by atoms with van der Waals surface area (Å²) in [7, 11) is 18.0. The molecule has 208 valence electrons. The van der Waals surface area contributed by atoms with Crippen LogP contribution < -0.4 is 10.6 Å². The fraction of sp³-hybridized carbons (Fsp3) is 0.400. The lowest BCUT2D eigenvalue weighted by Gasteiger charge is -2.51. The maximum atomic E-state index is 15.6. The number of piperidine rings is 1. The molecule has 2 unspecified atom stereocenters. The Morgan fingerprint density at radius 1 is 1.02 bits per heavy atom. The molecule has 0 aliphatic carbocycles. The van der Waals surface area contributed by atoms with Gasteiger partial charge in [-0.25, -0.2) is 4.39 Å². The quantitative estimate of drug-likeness (QED) is 0.122. The van der Waals surface area contributed by atoms with Crippen molar-refractivity contribution in [1.82, 2.24) is 15.1 Å². The molecule has 6 radical (unpaired) electrons. The third-order valence-electron chi connectivity index (χ3n) is 7.63. The number of imide groups is 1. The van der Waals surface area contributed by atoms with Crippen LogP contribution in [-0.2, 0) is 32.8 Å². The summed E-state index contributed by atoms with van der Waals surface area (Å²) in [6.07, 6.45) is 0. The molecule has 6 N–H and O–H groups in total. The highest BCUT2D eigenvalue weighted by atomic mass is 19.1. The van der Waals surface area contributed by atoms with Crippen LogP contribution in [0, 0.1) is 5.82 Å². The molecule has 2 atom stereocenters. The lowest BCUT2D eigenvalue weighted by Crippen LogP contribution is -2.85. The van der Waals surface area contributed by atoms with Gasteiger partial charge in [0.2, 0.25) is 0 Å². The second-order valence-corrected chi connectivity index (χ2v) is 10.3. The van der Waals surface area contributed by atoms with Crippen molar-refractivity contribution in [3.63, 3.8) is 0 Å². The average Bonchev–Trinajstić information content (AvgIpc) is 3.26. The molecular weight excluding hydrogens is 536 g/mol. The largest absolute Gasteiger partial charge is 0.392 e. The Morgan fingerprint density at radius 2 is 1.68 bits per heavy atom. The number of ether oxygens (including phenoxy) is 1. The van der Waals surface area contributed by atoms with Crippen LogP contribution in [0.2, 0.25) is 0 Å². The number of fused-ring (bicyclic) bond motifs is 1. The van der Waals surface area contributed by atoms with E-state index in [9.17, 15) is 34.8 Å². The second kappa shape index (κ2) is 9.93. The Labute approximate surface area is 237 Å². The first-order valence-electron chi connectivity index (χ1n) is 12.5. The van der Waals surface area contributed by atoms with Crippen LogP contribution in [0.25, 0.3) is 0 Å². The standard InChI is InChI=1S/C25H24B3FN4O8/c26-22(37)20(35)30-21(36)23(38,25(22,39)40)33-12-15-14(19(33)34)4-2-6-17(15)31-24(27,28)16-5-1-3-13(18(16)29)11-32-7-9-41-10-8-32/h1-6,31,37-40H,7-12H2,(H,30,35,36). The smallest absolute Gasteiger partial charge is 0.286 e. The summed E-state index contributed by atoms with van der Waals surface area (Å²) in [5, 5.41) is 44.7. The molecule has 3 aliphatic heterocycles. The number of carbonyl (C=O) groups is 3. The van der Waals surface area contributed by atoms with Crippen LogP contribution in [0.15, 0.2) is 36.4 Å². The first-order chi connectivity index (χ1) is 19.1. The molecule has 2 aromatic carbocycles. The number of rotatable bonds is 6. The summed E-state index contributed by atoms with van der Waals surface area (Å²) in [6, 6.07) is 8.75. The first kappa shape index (κ1) is 29.2. The van der Waals surface area contributed by atoms with Crippen LogP contribution in [0.3, 0.4) is 0 Å². The van der Waals surface area contributed by atoms with Gasteiger partial charge in [0.15, 0.2) is 5.50 Å². The van der Waals surface area contributed by atoms with E-state index >= 15 is 4.39 Å². The third-order valence-corrected chi connectivity index (χ3v) is 7.63. The van der Waals surface area contributed by atoms with Crippen LogP contribution >= 0.6 is 0 Å². The average molecular weight is 560 g/mol. The molecule has 3 amide bonds. The lowest BCUT2D eigenvalue weighted by atomic mass is 9.57. The maximum Gasteiger partial charge on any atom is 0.286 e. The molecule has 5 rings (SSSR count). The molecule has 16 heteroatoms. The van der Waals surface area contributed by atoms with Gasteiger partial charge in [0.25, 0.3) is 29.2 Å². The molecular formula is C25H24B3FN4O8. The third kappa shape index (κ3) is 4.46. The van der Waals surface area contributed by atoms with Crippen molar-refractivity contribution in [2.24, 2.45) is 0 Å². The van der Waals surface area contributed by atoms with Crippen molar-refractivity contribution < 1.29 is 43.9 Å². The molecule has 12 nitrogen and oxygen atoms in total. The highest BCUT2D eigenvalue weighted by Gasteiger charge is 2.73. The Balaban J connectivity index is 1.45. The van der Waals surface area contributed by atoms with Gasteiger partial charge in [-0.1, -0.05) is 24.3 Å². The summed E-state index contributed by atoms with van der Waals surface area (Å²) < 4.78 is 21.0. The van der Waals surface area contributed by atoms with Gasteiger partial charge in [-0.05, 0) is 23.0 Å². The van der Waals surface area contributed by atoms with Crippen molar-refractivity contribution in [3.05, 3.63) is 64.5 Å². The Kier molecular flexibility index (Phi) is 7.08. The predicted molar refractivity (Wildman–Crippen MR) is 142 cm³/mol. The minimum Gasteiger partial charge on any atom is -0.392 e. The Hall–Kier alpha value is -3.27. The summed E-state index contributed by atoms with van der Waals surface area (Å²) in [4.78, 5) is 40.2. The van der Waals surface area contributed by atoms with E-state index in [1.165, 1.54) is 29.6 Å². The van der Waals surface area contributed by atoms with E-state index < -0.39 is 52.4 Å². The van der Waals surface area contributed by atoms with Crippen molar-refractivity contribution in [1.29, 1.82) is 0 Å². The molecule has 2 aromatic rings. The van der Waals surface area contributed by atoms with E-state index in [0.29, 0.717) is 43.3 Å². The zero-order valence-corrected chi connectivity index (χ0v) is 21.6. The van der Waals surface area contributed by atoms with Crippen molar-refractivity contribution >= 4 is 46.9 Å². The van der Waals surface area contributed by atoms with E-state index in [1.807, 2.05) is 4.90 Å². The number of carbonyl (C=O) groups excluding carboxylic acids is 3. The summed E-state index contributed by atoms with van der Waals surface area (Å²) in [6.45, 7) is 1.94. The van der Waals surface area contributed by atoms with Gasteiger partial charge in [0.05, 0.1) is 35.5 Å². The molecule has 3 aliphatic rings. The first-order valence-corrected chi connectivity index (χ1v) is 12.5. The lowest BCUT2D eigenvalue weighted by molar-refractivity contribution is -0.345. The molecule has 2 fully saturated rings. The number of amides is 3. The van der Waals surface area contributed by atoms with Gasteiger partial charge in [-0.15, -0.1) is 0 Å². The molecule has 3 heterocycles. The fourth-order valence-electron chi connectivity index (χ4n) is 5.20. The van der Waals surface area contributed by atoms with Crippen LogP contribution in [-0.4, -0.2) is 115 Å². The van der Waals surface area contributed by atoms with Gasteiger partial charge < -0.3 is 30.5 Å². The molecule has 0 aromatic heterocycles. The van der Waals surface area contributed by atoms with Crippen LogP contribution in [0.4, 0.5) is 10.1 Å². The molecule has 0 bridgehead atoms. The highest BCUT2D eigenvalue weighted by molar-refractivity contribution is 6.41. The van der Waals surface area contributed by atoms with Gasteiger partial charge in [0.1, 0.15) is 13.7 Å². The van der Waals surface area contributed by atoms with E-state index in [1.54, 1.807) is 12.1 Å². The topological polar surface area (TPSA) is 172 Å². The van der Waals surface area contributed by atoms with Gasteiger partial charge in [0, 0.05) is 42.0 Å². The minimum absolute atomic E-state index is 0.0807. The van der Waals surface area contributed by atoms with E-state index in [-0.39, 0.29) is 22.4 Å². The SMILES string of the molecule is [B]C([B])(Nc1cccc2c1CN(C1(O)C(=O)NC(=O)C([B])(O)C1(O)O)C2=O)c1cccc(CN2CCOCC2)c1F. The molecule has 0 saturated carbocycles. The van der Waals surface area contributed by atoms with Gasteiger partial charge in [-0.2, -0.15) is 0 Å². The van der Waals surface area contributed by atoms with Crippen LogP contribution in [0.1, 0.15) is 27.0 Å². The van der Waals surface area contributed by atoms with E-state index in [2.05, 4.69) is 5.32 Å². The number of morpholine rings is 1. The number of halogens is 1.